The first-order valence-electron chi connectivity index (χ1n) is 6.98. The SMILES string of the molecule is O=C(O)c1cccc2c1CCN(Cc1cccc(O)c1)C2. The maximum Gasteiger partial charge on any atom is 0.335 e. The minimum absolute atomic E-state index is 0.276. The molecular formula is C17H17NO3. The zero-order valence-electron chi connectivity index (χ0n) is 11.6. The van der Waals surface area contributed by atoms with Crippen LogP contribution in [0.1, 0.15) is 27.0 Å². The van der Waals surface area contributed by atoms with Gasteiger partial charge in [0, 0.05) is 19.6 Å². The molecule has 0 fully saturated rings. The smallest absolute Gasteiger partial charge is 0.335 e. The molecule has 0 unspecified atom stereocenters. The van der Waals surface area contributed by atoms with Crippen molar-refractivity contribution in [1.82, 2.24) is 4.90 Å². The van der Waals surface area contributed by atoms with E-state index in [1.807, 2.05) is 18.2 Å². The Morgan fingerprint density at radius 3 is 2.76 bits per heavy atom. The molecule has 0 saturated heterocycles. The summed E-state index contributed by atoms with van der Waals surface area (Å²) in [7, 11) is 0. The topological polar surface area (TPSA) is 60.8 Å². The number of phenols is 1. The molecular weight excluding hydrogens is 266 g/mol. The fourth-order valence-electron chi connectivity index (χ4n) is 2.92. The molecule has 0 amide bonds. The Labute approximate surface area is 123 Å². The highest BCUT2D eigenvalue weighted by Gasteiger charge is 2.21. The van der Waals surface area contributed by atoms with Crippen LogP contribution in [0.4, 0.5) is 0 Å². The number of carbonyl (C=O) groups is 1. The number of benzene rings is 2. The molecule has 108 valence electrons. The minimum atomic E-state index is -0.853. The van der Waals surface area contributed by atoms with Gasteiger partial charge in [0.15, 0.2) is 0 Å². The van der Waals surface area contributed by atoms with Gasteiger partial charge in [0.25, 0.3) is 0 Å². The van der Waals surface area contributed by atoms with Crippen molar-refractivity contribution < 1.29 is 15.0 Å². The van der Waals surface area contributed by atoms with Gasteiger partial charge in [-0.05, 0) is 41.3 Å². The third-order valence-electron chi connectivity index (χ3n) is 3.89. The summed E-state index contributed by atoms with van der Waals surface area (Å²) >= 11 is 0. The number of phenolic OH excluding ortho intramolecular Hbond substituents is 1. The van der Waals surface area contributed by atoms with Gasteiger partial charge in [-0.3, -0.25) is 4.90 Å². The van der Waals surface area contributed by atoms with Crippen molar-refractivity contribution in [2.24, 2.45) is 0 Å². The summed E-state index contributed by atoms with van der Waals surface area (Å²) in [4.78, 5) is 13.5. The zero-order valence-corrected chi connectivity index (χ0v) is 11.6. The standard InChI is InChI=1S/C17H17NO3/c19-14-5-1-3-12(9-14)10-18-8-7-15-13(11-18)4-2-6-16(15)17(20)21/h1-6,9,19H,7-8,10-11H2,(H,20,21). The van der Waals surface area contributed by atoms with Crippen LogP contribution in [-0.4, -0.2) is 27.6 Å². The van der Waals surface area contributed by atoms with Gasteiger partial charge < -0.3 is 10.2 Å². The summed E-state index contributed by atoms with van der Waals surface area (Å²) in [5, 5.41) is 18.7. The van der Waals surface area contributed by atoms with E-state index in [2.05, 4.69) is 4.90 Å². The van der Waals surface area contributed by atoms with Crippen molar-refractivity contribution in [2.45, 2.75) is 19.5 Å². The molecule has 1 aliphatic rings. The van der Waals surface area contributed by atoms with E-state index in [9.17, 15) is 15.0 Å². The highest BCUT2D eigenvalue weighted by molar-refractivity contribution is 5.89. The minimum Gasteiger partial charge on any atom is -0.508 e. The largest absolute Gasteiger partial charge is 0.508 e. The third kappa shape index (κ3) is 2.90. The molecule has 1 aliphatic heterocycles. The number of rotatable bonds is 3. The molecule has 2 aromatic rings. The van der Waals surface area contributed by atoms with Gasteiger partial charge in [0.1, 0.15) is 5.75 Å². The summed E-state index contributed by atoms with van der Waals surface area (Å²) < 4.78 is 0. The quantitative estimate of drug-likeness (QED) is 0.909. The van der Waals surface area contributed by atoms with E-state index < -0.39 is 5.97 Å². The van der Waals surface area contributed by atoms with E-state index in [-0.39, 0.29) is 5.75 Å². The summed E-state index contributed by atoms with van der Waals surface area (Å²) in [5.41, 5.74) is 3.52. The second-order valence-electron chi connectivity index (χ2n) is 5.38. The Morgan fingerprint density at radius 1 is 1.19 bits per heavy atom. The number of carboxylic acid groups (broad SMARTS) is 1. The maximum absolute atomic E-state index is 11.2. The zero-order chi connectivity index (χ0) is 14.8. The monoisotopic (exact) mass is 283 g/mol. The Kier molecular flexibility index (Phi) is 3.62. The van der Waals surface area contributed by atoms with Crippen LogP contribution in [0.5, 0.6) is 5.75 Å². The van der Waals surface area contributed by atoms with Gasteiger partial charge in [0.2, 0.25) is 0 Å². The summed E-state index contributed by atoms with van der Waals surface area (Å²) in [6, 6.07) is 12.7. The fraction of sp³-hybridized carbons (Fsp3) is 0.235. The van der Waals surface area contributed by atoms with Crippen LogP contribution >= 0.6 is 0 Å². The first kappa shape index (κ1) is 13.6. The normalized spacial score (nSPS) is 14.7. The van der Waals surface area contributed by atoms with Gasteiger partial charge in [-0.15, -0.1) is 0 Å². The highest BCUT2D eigenvalue weighted by Crippen LogP contribution is 2.24. The number of hydrogen-bond acceptors (Lipinski definition) is 3. The number of fused-ring (bicyclic) bond motifs is 1. The first-order valence-corrected chi connectivity index (χ1v) is 6.98. The van der Waals surface area contributed by atoms with E-state index in [1.165, 1.54) is 0 Å². The van der Waals surface area contributed by atoms with Gasteiger partial charge in [-0.1, -0.05) is 24.3 Å². The molecule has 2 N–H and O–H groups in total. The molecule has 4 nitrogen and oxygen atoms in total. The van der Waals surface area contributed by atoms with Crippen LogP contribution in [-0.2, 0) is 19.5 Å². The maximum atomic E-state index is 11.2. The summed E-state index contributed by atoms with van der Waals surface area (Å²) in [6.45, 7) is 2.32. The van der Waals surface area contributed by atoms with Crippen LogP contribution in [0.2, 0.25) is 0 Å². The molecule has 2 aromatic carbocycles. The third-order valence-corrected chi connectivity index (χ3v) is 3.89. The van der Waals surface area contributed by atoms with E-state index in [4.69, 9.17) is 0 Å². The Bertz CT molecular complexity index is 681. The van der Waals surface area contributed by atoms with E-state index in [1.54, 1.807) is 24.3 Å². The molecule has 0 saturated carbocycles. The number of carboxylic acids is 1. The predicted octanol–water partition coefficient (Wildman–Crippen LogP) is 2.65. The van der Waals surface area contributed by atoms with Crippen LogP contribution < -0.4 is 0 Å². The lowest BCUT2D eigenvalue weighted by molar-refractivity contribution is 0.0694. The molecule has 0 bridgehead atoms. The lowest BCUT2D eigenvalue weighted by Gasteiger charge is -2.29. The van der Waals surface area contributed by atoms with Gasteiger partial charge in [-0.2, -0.15) is 0 Å². The van der Waals surface area contributed by atoms with Gasteiger partial charge in [0.05, 0.1) is 5.56 Å². The number of nitrogens with zero attached hydrogens (tertiary/aromatic N) is 1. The molecule has 3 rings (SSSR count). The van der Waals surface area contributed by atoms with Gasteiger partial charge in [-0.25, -0.2) is 4.79 Å². The molecule has 0 aromatic heterocycles. The van der Waals surface area contributed by atoms with Crippen molar-refractivity contribution in [3.05, 3.63) is 64.7 Å². The average molecular weight is 283 g/mol. The lowest BCUT2D eigenvalue weighted by Crippen LogP contribution is -2.31. The van der Waals surface area contributed by atoms with Crippen LogP contribution in [0.3, 0.4) is 0 Å². The average Bonchev–Trinajstić information content (AvgIpc) is 2.46. The predicted molar refractivity (Wildman–Crippen MR) is 79.3 cm³/mol. The van der Waals surface area contributed by atoms with E-state index in [0.29, 0.717) is 5.56 Å². The van der Waals surface area contributed by atoms with Crippen molar-refractivity contribution in [3.8, 4) is 5.75 Å². The molecule has 21 heavy (non-hydrogen) atoms. The lowest BCUT2D eigenvalue weighted by atomic mass is 9.94. The number of aromatic hydroxyl groups is 1. The van der Waals surface area contributed by atoms with Crippen LogP contribution in [0.15, 0.2) is 42.5 Å². The van der Waals surface area contributed by atoms with Gasteiger partial charge >= 0.3 is 5.97 Å². The molecule has 0 atom stereocenters. The highest BCUT2D eigenvalue weighted by atomic mass is 16.4. The van der Waals surface area contributed by atoms with Crippen molar-refractivity contribution >= 4 is 5.97 Å². The molecule has 4 heteroatoms. The molecule has 0 spiro atoms. The second kappa shape index (κ2) is 5.58. The van der Waals surface area contributed by atoms with Crippen molar-refractivity contribution in [3.63, 3.8) is 0 Å². The van der Waals surface area contributed by atoms with Crippen molar-refractivity contribution in [1.29, 1.82) is 0 Å². The summed E-state index contributed by atoms with van der Waals surface area (Å²) in [5.74, 6) is -0.577. The Morgan fingerprint density at radius 2 is 2.00 bits per heavy atom. The molecule has 0 radical (unpaired) electrons. The van der Waals surface area contributed by atoms with E-state index >= 15 is 0 Å². The summed E-state index contributed by atoms with van der Waals surface area (Å²) in [6.07, 6.45) is 0.747. The molecule has 0 aliphatic carbocycles. The Hall–Kier alpha value is -2.33. The van der Waals surface area contributed by atoms with Crippen molar-refractivity contribution in [2.75, 3.05) is 6.54 Å². The number of hydrogen-bond donors (Lipinski definition) is 2. The Balaban J connectivity index is 1.79. The number of aromatic carboxylic acids is 1. The fourth-order valence-corrected chi connectivity index (χ4v) is 2.92. The first-order chi connectivity index (χ1) is 10.1. The molecule has 1 heterocycles. The van der Waals surface area contributed by atoms with Crippen LogP contribution in [0.25, 0.3) is 0 Å². The van der Waals surface area contributed by atoms with Crippen LogP contribution in [0, 0.1) is 0 Å². The van der Waals surface area contributed by atoms with E-state index in [0.717, 1.165) is 42.7 Å². The second-order valence-corrected chi connectivity index (χ2v) is 5.38.